The summed E-state index contributed by atoms with van der Waals surface area (Å²) in [6, 6.07) is 13.2. The number of hydrogen-bond donors (Lipinski definition) is 3. The molecule has 0 radical (unpaired) electrons. The van der Waals surface area contributed by atoms with E-state index in [4.69, 9.17) is 9.84 Å². The molecule has 0 aliphatic heterocycles. The number of rotatable bonds is 8. The number of aliphatic hydroxyl groups is 2. The fraction of sp³-hybridized carbons (Fsp3) is 0.278. The second-order valence-corrected chi connectivity index (χ2v) is 5.60. The number of nitrogens with zero attached hydrogens (tertiary/aromatic N) is 2. The van der Waals surface area contributed by atoms with Crippen LogP contribution in [0.4, 0.5) is 10.3 Å². The minimum Gasteiger partial charge on any atom is -0.491 e. The van der Waals surface area contributed by atoms with Crippen molar-refractivity contribution in [2.24, 2.45) is 0 Å². The summed E-state index contributed by atoms with van der Waals surface area (Å²) >= 11 is 0. The van der Waals surface area contributed by atoms with Gasteiger partial charge >= 0.3 is 0 Å². The lowest BCUT2D eigenvalue weighted by atomic mass is 10.3. The molecule has 2 aromatic carbocycles. The predicted molar refractivity (Wildman–Crippen MR) is 93.2 cm³/mol. The fourth-order valence-corrected chi connectivity index (χ4v) is 2.55. The van der Waals surface area contributed by atoms with E-state index in [0.29, 0.717) is 18.2 Å². The number of benzene rings is 2. The molecule has 1 atom stereocenters. The van der Waals surface area contributed by atoms with Gasteiger partial charge in [0.15, 0.2) is 0 Å². The minimum atomic E-state index is -0.780. The van der Waals surface area contributed by atoms with Crippen molar-refractivity contribution in [1.82, 2.24) is 9.55 Å². The Balaban J connectivity index is 1.70. The average molecular weight is 345 g/mol. The van der Waals surface area contributed by atoms with Crippen LogP contribution in [0.5, 0.6) is 5.75 Å². The molecule has 1 aromatic heterocycles. The van der Waals surface area contributed by atoms with Crippen molar-refractivity contribution in [2.45, 2.75) is 12.6 Å². The highest BCUT2D eigenvalue weighted by Gasteiger charge is 2.14. The number of halogens is 1. The van der Waals surface area contributed by atoms with Crippen molar-refractivity contribution in [2.75, 3.05) is 25.1 Å². The highest BCUT2D eigenvalue weighted by molar-refractivity contribution is 5.78. The van der Waals surface area contributed by atoms with Crippen LogP contribution in [0.3, 0.4) is 0 Å². The van der Waals surface area contributed by atoms with E-state index >= 15 is 0 Å². The molecule has 1 heterocycles. The van der Waals surface area contributed by atoms with Crippen molar-refractivity contribution in [3.05, 3.63) is 54.3 Å². The SMILES string of the molecule is OCCNc1nc2ccccc2n1C[C@H](O)COc1ccc(F)cc1. The van der Waals surface area contributed by atoms with Crippen molar-refractivity contribution >= 4 is 17.0 Å². The molecular weight excluding hydrogens is 325 g/mol. The van der Waals surface area contributed by atoms with Crippen LogP contribution in [-0.2, 0) is 6.54 Å². The quantitative estimate of drug-likeness (QED) is 0.582. The summed E-state index contributed by atoms with van der Waals surface area (Å²) in [4.78, 5) is 4.48. The summed E-state index contributed by atoms with van der Waals surface area (Å²) in [5, 5.41) is 22.4. The van der Waals surface area contributed by atoms with E-state index in [2.05, 4.69) is 10.3 Å². The molecule has 132 valence electrons. The van der Waals surface area contributed by atoms with Crippen LogP contribution in [-0.4, -0.2) is 45.6 Å². The van der Waals surface area contributed by atoms with Gasteiger partial charge in [-0.25, -0.2) is 9.37 Å². The van der Waals surface area contributed by atoms with Crippen LogP contribution in [0, 0.1) is 5.82 Å². The largest absolute Gasteiger partial charge is 0.491 e. The third-order valence-corrected chi connectivity index (χ3v) is 3.70. The van der Waals surface area contributed by atoms with Gasteiger partial charge in [-0.15, -0.1) is 0 Å². The van der Waals surface area contributed by atoms with Crippen molar-refractivity contribution in [3.63, 3.8) is 0 Å². The molecule has 7 heteroatoms. The molecule has 0 aliphatic rings. The summed E-state index contributed by atoms with van der Waals surface area (Å²) in [6.45, 7) is 0.692. The lowest BCUT2D eigenvalue weighted by Gasteiger charge is -2.16. The smallest absolute Gasteiger partial charge is 0.204 e. The minimum absolute atomic E-state index is 0.0144. The highest BCUT2D eigenvalue weighted by Crippen LogP contribution is 2.20. The fourth-order valence-electron chi connectivity index (χ4n) is 2.55. The Labute approximate surface area is 144 Å². The molecular formula is C18H20FN3O3. The maximum absolute atomic E-state index is 12.9. The Morgan fingerprint density at radius 1 is 1.16 bits per heavy atom. The van der Waals surface area contributed by atoms with E-state index < -0.39 is 6.10 Å². The molecule has 0 saturated carbocycles. The standard InChI is InChI=1S/C18H20FN3O3/c19-13-5-7-15(8-6-13)25-12-14(24)11-22-17-4-2-1-3-16(17)21-18(22)20-9-10-23/h1-8,14,23-24H,9-12H2,(H,20,21)/t14-/m0/s1. The van der Waals surface area contributed by atoms with Crippen LogP contribution in [0.2, 0.25) is 0 Å². The van der Waals surface area contributed by atoms with E-state index in [0.717, 1.165) is 11.0 Å². The number of anilines is 1. The van der Waals surface area contributed by atoms with E-state index in [1.165, 1.54) is 24.3 Å². The molecule has 0 bridgehead atoms. The first-order valence-corrected chi connectivity index (χ1v) is 8.04. The Hall–Kier alpha value is -2.64. The Morgan fingerprint density at radius 3 is 2.68 bits per heavy atom. The molecule has 0 fully saturated rings. The third kappa shape index (κ3) is 4.26. The van der Waals surface area contributed by atoms with Gasteiger partial charge in [-0.2, -0.15) is 0 Å². The van der Waals surface area contributed by atoms with Crippen molar-refractivity contribution in [3.8, 4) is 5.75 Å². The van der Waals surface area contributed by atoms with Gasteiger partial charge in [0, 0.05) is 6.54 Å². The molecule has 0 saturated heterocycles. The average Bonchev–Trinajstić information content (AvgIpc) is 2.97. The normalized spacial score (nSPS) is 12.3. The molecule has 3 N–H and O–H groups in total. The number of hydrogen-bond acceptors (Lipinski definition) is 5. The van der Waals surface area contributed by atoms with Crippen LogP contribution >= 0.6 is 0 Å². The Morgan fingerprint density at radius 2 is 1.92 bits per heavy atom. The van der Waals surface area contributed by atoms with Gasteiger partial charge in [-0.3, -0.25) is 0 Å². The predicted octanol–water partition coefficient (Wildman–Crippen LogP) is 2.02. The van der Waals surface area contributed by atoms with Crippen LogP contribution in [0.15, 0.2) is 48.5 Å². The topological polar surface area (TPSA) is 79.5 Å². The highest BCUT2D eigenvalue weighted by atomic mass is 19.1. The second-order valence-electron chi connectivity index (χ2n) is 5.60. The van der Waals surface area contributed by atoms with Gasteiger partial charge in [0.25, 0.3) is 0 Å². The summed E-state index contributed by atoms with van der Waals surface area (Å²) in [6.07, 6.45) is -0.780. The number of ether oxygens (including phenoxy) is 1. The van der Waals surface area contributed by atoms with Gasteiger partial charge < -0.3 is 24.8 Å². The number of nitrogens with one attached hydrogen (secondary N) is 1. The molecule has 6 nitrogen and oxygen atoms in total. The van der Waals surface area contributed by atoms with E-state index in [1.807, 2.05) is 28.8 Å². The molecule has 0 aliphatic carbocycles. The summed E-state index contributed by atoms with van der Waals surface area (Å²) in [7, 11) is 0. The van der Waals surface area contributed by atoms with Crippen molar-refractivity contribution in [1.29, 1.82) is 0 Å². The summed E-state index contributed by atoms with van der Waals surface area (Å²) in [5.74, 6) is 0.739. The lowest BCUT2D eigenvalue weighted by molar-refractivity contribution is 0.0938. The summed E-state index contributed by atoms with van der Waals surface area (Å²) < 4.78 is 20.2. The zero-order chi connectivity index (χ0) is 17.6. The third-order valence-electron chi connectivity index (χ3n) is 3.70. The zero-order valence-corrected chi connectivity index (χ0v) is 13.6. The maximum atomic E-state index is 12.9. The van der Waals surface area contributed by atoms with E-state index in [1.54, 1.807) is 0 Å². The lowest BCUT2D eigenvalue weighted by Crippen LogP contribution is -2.25. The molecule has 0 spiro atoms. The maximum Gasteiger partial charge on any atom is 0.204 e. The number of imidazole rings is 1. The Kier molecular flexibility index (Phi) is 5.47. The monoisotopic (exact) mass is 345 g/mol. The van der Waals surface area contributed by atoms with Crippen LogP contribution in [0.1, 0.15) is 0 Å². The van der Waals surface area contributed by atoms with Crippen LogP contribution in [0.25, 0.3) is 11.0 Å². The first kappa shape index (κ1) is 17.2. The van der Waals surface area contributed by atoms with Gasteiger partial charge in [0.1, 0.15) is 24.3 Å². The zero-order valence-electron chi connectivity index (χ0n) is 13.6. The number of fused-ring (bicyclic) bond motifs is 1. The Bertz CT molecular complexity index is 820. The number of para-hydroxylation sites is 2. The molecule has 25 heavy (non-hydrogen) atoms. The van der Waals surface area contributed by atoms with Gasteiger partial charge in [-0.05, 0) is 36.4 Å². The first-order chi connectivity index (χ1) is 12.2. The van der Waals surface area contributed by atoms with E-state index in [-0.39, 0.29) is 25.6 Å². The molecule has 0 unspecified atom stereocenters. The van der Waals surface area contributed by atoms with Gasteiger partial charge in [0.2, 0.25) is 5.95 Å². The van der Waals surface area contributed by atoms with Gasteiger partial charge in [-0.1, -0.05) is 12.1 Å². The number of aromatic nitrogens is 2. The molecule has 0 amide bonds. The van der Waals surface area contributed by atoms with Gasteiger partial charge in [0.05, 0.1) is 24.2 Å². The summed E-state index contributed by atoms with van der Waals surface area (Å²) in [5.41, 5.74) is 1.68. The van der Waals surface area contributed by atoms with E-state index in [9.17, 15) is 9.50 Å². The first-order valence-electron chi connectivity index (χ1n) is 8.04. The van der Waals surface area contributed by atoms with Crippen molar-refractivity contribution < 1.29 is 19.3 Å². The molecule has 3 aromatic rings. The molecule has 3 rings (SSSR count). The second kappa shape index (κ2) is 7.96. The van der Waals surface area contributed by atoms with Crippen LogP contribution < -0.4 is 10.1 Å². The number of aliphatic hydroxyl groups excluding tert-OH is 2.